The van der Waals surface area contributed by atoms with Gasteiger partial charge in [-0.05, 0) is 25.0 Å². The molecule has 1 aromatic rings. The molecule has 0 spiro atoms. The molecular weight excluding hydrogens is 261 g/mol. The van der Waals surface area contributed by atoms with E-state index in [1.54, 1.807) is 6.07 Å². The number of amides is 1. The molecule has 0 fully saturated rings. The highest BCUT2D eigenvalue weighted by molar-refractivity contribution is 5.96. The molecule has 1 atom stereocenters. The van der Waals surface area contributed by atoms with Crippen LogP contribution in [0.2, 0.25) is 0 Å². The molecule has 0 aliphatic rings. The summed E-state index contributed by atoms with van der Waals surface area (Å²) >= 11 is 0. The summed E-state index contributed by atoms with van der Waals surface area (Å²) in [6, 6.07) is 4.72. The summed E-state index contributed by atoms with van der Waals surface area (Å²) in [7, 11) is 1.23. The fraction of sp³-hybridized carbons (Fsp3) is 0.333. The Balaban J connectivity index is 2.74. The van der Waals surface area contributed by atoms with Crippen molar-refractivity contribution in [3.63, 3.8) is 0 Å². The predicted molar refractivity (Wildman–Crippen MR) is 72.4 cm³/mol. The number of benzene rings is 1. The quantitative estimate of drug-likeness (QED) is 0.491. The predicted octanol–water partition coefficient (Wildman–Crippen LogP) is 1.90. The Labute approximate surface area is 117 Å². The van der Waals surface area contributed by atoms with E-state index in [0.717, 1.165) is 0 Å². The average Bonchev–Trinajstić information content (AvgIpc) is 2.45. The van der Waals surface area contributed by atoms with E-state index in [9.17, 15) is 14.0 Å². The largest absolute Gasteiger partial charge is 0.467 e. The molecule has 5 heteroatoms. The first-order chi connectivity index (χ1) is 9.60. The molecule has 0 saturated heterocycles. The summed E-state index contributed by atoms with van der Waals surface area (Å²) in [6.45, 7) is 0. The van der Waals surface area contributed by atoms with Gasteiger partial charge in [0.1, 0.15) is 11.9 Å². The topological polar surface area (TPSA) is 55.4 Å². The highest BCUT2D eigenvalue weighted by Crippen LogP contribution is 2.08. The number of esters is 1. The van der Waals surface area contributed by atoms with Crippen molar-refractivity contribution in [2.75, 3.05) is 7.11 Å². The highest BCUT2D eigenvalue weighted by atomic mass is 19.1. The first kappa shape index (κ1) is 15.7. The van der Waals surface area contributed by atoms with Crippen LogP contribution in [0.4, 0.5) is 4.39 Å². The molecule has 0 unspecified atom stereocenters. The first-order valence-electron chi connectivity index (χ1n) is 6.16. The SMILES string of the molecule is C#CCCC[C@@H](NC(=O)c1ccccc1F)C(=O)OC. The number of halogens is 1. The van der Waals surface area contributed by atoms with Crippen LogP contribution in [0.3, 0.4) is 0 Å². The van der Waals surface area contributed by atoms with Gasteiger partial charge in [0.2, 0.25) is 0 Å². The van der Waals surface area contributed by atoms with Crippen molar-refractivity contribution < 1.29 is 18.7 Å². The Morgan fingerprint density at radius 1 is 1.45 bits per heavy atom. The van der Waals surface area contributed by atoms with Gasteiger partial charge in [-0.2, -0.15) is 0 Å². The van der Waals surface area contributed by atoms with Gasteiger partial charge in [-0.1, -0.05) is 12.1 Å². The summed E-state index contributed by atoms with van der Waals surface area (Å²) in [5, 5.41) is 2.46. The third-order valence-electron chi connectivity index (χ3n) is 2.72. The number of hydrogen-bond acceptors (Lipinski definition) is 3. The third-order valence-corrected chi connectivity index (χ3v) is 2.72. The molecule has 0 aliphatic carbocycles. The minimum atomic E-state index is -0.833. The molecule has 0 aliphatic heterocycles. The van der Waals surface area contributed by atoms with Crippen LogP contribution < -0.4 is 5.32 Å². The Morgan fingerprint density at radius 3 is 2.75 bits per heavy atom. The maximum Gasteiger partial charge on any atom is 0.328 e. The number of unbranched alkanes of at least 4 members (excludes halogenated alkanes) is 1. The third kappa shape index (κ3) is 4.39. The summed E-state index contributed by atoms with van der Waals surface area (Å²) < 4.78 is 18.1. The summed E-state index contributed by atoms with van der Waals surface area (Å²) in [4.78, 5) is 23.5. The number of carbonyl (C=O) groups excluding carboxylic acids is 2. The van der Waals surface area contributed by atoms with Crippen LogP contribution in [-0.4, -0.2) is 25.0 Å². The van der Waals surface area contributed by atoms with E-state index in [0.29, 0.717) is 19.3 Å². The summed E-state index contributed by atoms with van der Waals surface area (Å²) in [5.74, 6) is 0.577. The lowest BCUT2D eigenvalue weighted by Crippen LogP contribution is -2.41. The number of terminal acetylenes is 1. The van der Waals surface area contributed by atoms with E-state index >= 15 is 0 Å². The van der Waals surface area contributed by atoms with Crippen molar-refractivity contribution in [2.24, 2.45) is 0 Å². The van der Waals surface area contributed by atoms with Crippen LogP contribution in [-0.2, 0) is 9.53 Å². The minimum absolute atomic E-state index is 0.113. The molecular formula is C15H16FNO3. The summed E-state index contributed by atoms with van der Waals surface area (Å²) in [5.41, 5.74) is -0.113. The van der Waals surface area contributed by atoms with Crippen LogP contribution >= 0.6 is 0 Å². The number of nitrogens with one attached hydrogen (secondary N) is 1. The maximum absolute atomic E-state index is 13.5. The lowest BCUT2D eigenvalue weighted by molar-refractivity contribution is -0.143. The lowest BCUT2D eigenvalue weighted by atomic mass is 10.1. The van der Waals surface area contributed by atoms with E-state index in [-0.39, 0.29) is 5.56 Å². The van der Waals surface area contributed by atoms with Gasteiger partial charge in [-0.3, -0.25) is 4.79 Å². The molecule has 4 nitrogen and oxygen atoms in total. The van der Waals surface area contributed by atoms with Gasteiger partial charge in [0.25, 0.3) is 5.91 Å². The van der Waals surface area contributed by atoms with Crippen molar-refractivity contribution in [2.45, 2.75) is 25.3 Å². The smallest absolute Gasteiger partial charge is 0.328 e. The van der Waals surface area contributed by atoms with Gasteiger partial charge < -0.3 is 10.1 Å². The zero-order valence-electron chi connectivity index (χ0n) is 11.2. The van der Waals surface area contributed by atoms with Crippen LogP contribution in [0.15, 0.2) is 24.3 Å². The molecule has 0 heterocycles. The van der Waals surface area contributed by atoms with Crippen LogP contribution in [0, 0.1) is 18.2 Å². The van der Waals surface area contributed by atoms with Gasteiger partial charge in [0.15, 0.2) is 0 Å². The Kier molecular flexibility index (Phi) is 6.24. The molecule has 0 aromatic heterocycles. The van der Waals surface area contributed by atoms with Gasteiger partial charge in [0, 0.05) is 6.42 Å². The molecule has 0 radical (unpaired) electrons. The number of hydrogen-bond donors (Lipinski definition) is 1. The van der Waals surface area contributed by atoms with Crippen LogP contribution in [0.1, 0.15) is 29.6 Å². The molecule has 1 N–H and O–H groups in total. The molecule has 0 saturated carbocycles. The molecule has 1 amide bonds. The van der Waals surface area contributed by atoms with Crippen molar-refractivity contribution >= 4 is 11.9 Å². The first-order valence-corrected chi connectivity index (χ1v) is 6.16. The van der Waals surface area contributed by atoms with Gasteiger partial charge in [0.05, 0.1) is 12.7 Å². The van der Waals surface area contributed by atoms with Gasteiger partial charge in [-0.25, -0.2) is 9.18 Å². The van der Waals surface area contributed by atoms with Crippen molar-refractivity contribution in [1.82, 2.24) is 5.32 Å². The zero-order chi connectivity index (χ0) is 15.0. The lowest BCUT2D eigenvalue weighted by Gasteiger charge is -2.16. The standard InChI is InChI=1S/C15H16FNO3/c1-3-4-5-10-13(15(19)20-2)17-14(18)11-8-6-7-9-12(11)16/h1,6-9,13H,4-5,10H2,2H3,(H,17,18)/t13-/m1/s1. The molecule has 1 rings (SSSR count). The fourth-order valence-electron chi connectivity index (χ4n) is 1.68. The van der Waals surface area contributed by atoms with Crippen LogP contribution in [0.25, 0.3) is 0 Å². The Morgan fingerprint density at radius 2 is 2.15 bits per heavy atom. The number of ether oxygens (including phenoxy) is 1. The van der Waals surface area contributed by atoms with E-state index in [1.807, 2.05) is 0 Å². The van der Waals surface area contributed by atoms with E-state index in [2.05, 4.69) is 16.0 Å². The normalized spacial score (nSPS) is 11.2. The second kappa shape index (κ2) is 7.95. The number of rotatable bonds is 6. The zero-order valence-corrected chi connectivity index (χ0v) is 11.2. The van der Waals surface area contributed by atoms with Crippen LogP contribution in [0.5, 0.6) is 0 Å². The van der Waals surface area contributed by atoms with Crippen molar-refractivity contribution in [3.8, 4) is 12.3 Å². The fourth-order valence-corrected chi connectivity index (χ4v) is 1.68. The second-order valence-electron chi connectivity index (χ2n) is 4.13. The van der Waals surface area contributed by atoms with Crippen molar-refractivity contribution in [1.29, 1.82) is 0 Å². The minimum Gasteiger partial charge on any atom is -0.467 e. The average molecular weight is 277 g/mol. The van der Waals surface area contributed by atoms with E-state index in [1.165, 1.54) is 25.3 Å². The molecule has 1 aromatic carbocycles. The molecule has 0 bridgehead atoms. The van der Waals surface area contributed by atoms with Gasteiger partial charge >= 0.3 is 5.97 Å². The van der Waals surface area contributed by atoms with E-state index < -0.39 is 23.7 Å². The summed E-state index contributed by atoms with van der Waals surface area (Å²) in [6.07, 6.45) is 6.53. The monoisotopic (exact) mass is 277 g/mol. The number of carbonyl (C=O) groups is 2. The Hall–Kier alpha value is -2.35. The molecule has 20 heavy (non-hydrogen) atoms. The maximum atomic E-state index is 13.5. The van der Waals surface area contributed by atoms with Crippen molar-refractivity contribution in [3.05, 3.63) is 35.6 Å². The van der Waals surface area contributed by atoms with E-state index in [4.69, 9.17) is 6.42 Å². The second-order valence-corrected chi connectivity index (χ2v) is 4.13. The van der Waals surface area contributed by atoms with Gasteiger partial charge in [-0.15, -0.1) is 12.3 Å². The Bertz CT molecular complexity index is 522. The molecule has 106 valence electrons. The highest BCUT2D eigenvalue weighted by Gasteiger charge is 2.22. The number of methoxy groups -OCH3 is 1.